The molecule has 2 saturated heterocycles. The summed E-state index contributed by atoms with van der Waals surface area (Å²) in [5.41, 5.74) is 2.20. The first-order valence-corrected chi connectivity index (χ1v) is 10.3. The molecule has 2 unspecified atom stereocenters. The molecular formula is C22H25FN4O3. The van der Waals surface area contributed by atoms with Gasteiger partial charge in [-0.2, -0.15) is 5.10 Å². The number of halogens is 1. The lowest BCUT2D eigenvalue weighted by molar-refractivity contribution is -0.0970. The lowest BCUT2D eigenvalue weighted by Crippen LogP contribution is -2.56. The fourth-order valence-corrected chi connectivity index (χ4v) is 4.60. The number of carbonyl (C=O) groups excluding carboxylic acids is 1. The molecule has 2 fully saturated rings. The van der Waals surface area contributed by atoms with Crippen LogP contribution in [0.2, 0.25) is 0 Å². The smallest absolute Gasteiger partial charge is 0.340 e. The van der Waals surface area contributed by atoms with E-state index in [0.29, 0.717) is 18.8 Å². The maximum atomic E-state index is 13.1. The summed E-state index contributed by atoms with van der Waals surface area (Å²) < 4.78 is 27.7. The Bertz CT molecular complexity index is 1050. The monoisotopic (exact) mass is 412 g/mol. The number of morpholine rings is 1. The number of hydrogen-bond acceptors (Lipinski definition) is 5. The minimum atomic E-state index is -0.477. The molecule has 0 amide bonds. The molecule has 8 heteroatoms. The SMILES string of the molecule is CN1C2COCC1CC(OC(=O)c1cn(-c3cnn(CCF)c3)c3ccccc13)C2. The minimum Gasteiger partial charge on any atom is -0.459 e. The van der Waals surface area contributed by atoms with Crippen LogP contribution in [0.1, 0.15) is 23.2 Å². The molecule has 1 aromatic carbocycles. The van der Waals surface area contributed by atoms with E-state index in [2.05, 4.69) is 17.0 Å². The molecule has 0 radical (unpaired) electrons. The topological polar surface area (TPSA) is 61.5 Å². The number of nitrogens with zero attached hydrogens (tertiary/aromatic N) is 4. The van der Waals surface area contributed by atoms with Gasteiger partial charge in [-0.05, 0) is 13.1 Å². The molecule has 0 spiro atoms. The van der Waals surface area contributed by atoms with Crippen molar-refractivity contribution >= 4 is 16.9 Å². The Morgan fingerprint density at radius 2 is 2.00 bits per heavy atom. The Labute approximate surface area is 174 Å². The number of likely N-dealkylation sites (N-methyl/N-ethyl adjacent to an activating group) is 1. The number of fused-ring (bicyclic) bond motifs is 3. The van der Waals surface area contributed by atoms with E-state index in [-0.39, 0.29) is 30.7 Å². The van der Waals surface area contributed by atoms with Crippen LogP contribution in [0.4, 0.5) is 4.39 Å². The van der Waals surface area contributed by atoms with Crippen LogP contribution in [-0.2, 0) is 16.0 Å². The number of piperidine rings is 1. The number of carbonyl (C=O) groups is 1. The van der Waals surface area contributed by atoms with Crippen LogP contribution >= 0.6 is 0 Å². The average Bonchev–Trinajstić information content (AvgIpc) is 3.34. The van der Waals surface area contributed by atoms with Gasteiger partial charge in [-0.15, -0.1) is 0 Å². The molecule has 7 nitrogen and oxygen atoms in total. The Hall–Kier alpha value is -2.71. The predicted octanol–water partition coefficient (Wildman–Crippen LogP) is 2.81. The first-order chi connectivity index (χ1) is 14.6. The van der Waals surface area contributed by atoms with E-state index in [0.717, 1.165) is 29.4 Å². The van der Waals surface area contributed by atoms with Crippen molar-refractivity contribution in [3.63, 3.8) is 0 Å². The van der Waals surface area contributed by atoms with Gasteiger partial charge in [0.05, 0.1) is 42.7 Å². The van der Waals surface area contributed by atoms with Gasteiger partial charge in [0.25, 0.3) is 0 Å². The molecule has 2 atom stereocenters. The van der Waals surface area contributed by atoms with E-state index in [4.69, 9.17) is 9.47 Å². The Kier molecular flexibility index (Phi) is 5.04. The second kappa shape index (κ2) is 7.85. The van der Waals surface area contributed by atoms with Crippen LogP contribution < -0.4 is 0 Å². The third-order valence-corrected chi connectivity index (χ3v) is 6.26. The summed E-state index contributed by atoms with van der Waals surface area (Å²) in [7, 11) is 2.12. The number of hydrogen-bond donors (Lipinski definition) is 0. The normalized spacial score (nSPS) is 24.3. The van der Waals surface area contributed by atoms with Crippen LogP contribution in [-0.4, -0.2) is 70.3 Å². The highest BCUT2D eigenvalue weighted by atomic mass is 19.1. The summed E-state index contributed by atoms with van der Waals surface area (Å²) in [6, 6.07) is 8.29. The third kappa shape index (κ3) is 3.40. The first kappa shape index (κ1) is 19.3. The highest BCUT2D eigenvalue weighted by molar-refractivity contribution is 6.05. The van der Waals surface area contributed by atoms with Crippen molar-refractivity contribution in [3.8, 4) is 5.69 Å². The fraction of sp³-hybridized carbons (Fsp3) is 0.455. The van der Waals surface area contributed by atoms with Gasteiger partial charge in [0.15, 0.2) is 0 Å². The molecule has 158 valence electrons. The molecule has 2 aliphatic heterocycles. The second-order valence-corrected chi connectivity index (χ2v) is 8.09. The Morgan fingerprint density at radius 3 is 2.77 bits per heavy atom. The maximum absolute atomic E-state index is 13.1. The van der Waals surface area contributed by atoms with Gasteiger partial charge in [-0.1, -0.05) is 18.2 Å². The number of esters is 1. The number of ether oxygens (including phenoxy) is 2. The van der Waals surface area contributed by atoms with E-state index in [1.165, 1.54) is 0 Å². The molecule has 2 bridgehead atoms. The summed E-state index contributed by atoms with van der Waals surface area (Å²) in [6.45, 7) is 1.09. The minimum absolute atomic E-state index is 0.109. The molecule has 30 heavy (non-hydrogen) atoms. The molecule has 3 aromatic rings. The van der Waals surface area contributed by atoms with Gasteiger partial charge in [-0.3, -0.25) is 9.58 Å². The summed E-state index contributed by atoms with van der Waals surface area (Å²) >= 11 is 0. The van der Waals surface area contributed by atoms with Crippen molar-refractivity contribution in [1.82, 2.24) is 19.2 Å². The Morgan fingerprint density at radius 1 is 1.23 bits per heavy atom. The van der Waals surface area contributed by atoms with Crippen LogP contribution in [0, 0.1) is 0 Å². The number of benzene rings is 1. The Balaban J connectivity index is 1.42. The predicted molar refractivity (Wildman–Crippen MR) is 110 cm³/mol. The lowest BCUT2D eigenvalue weighted by Gasteiger charge is -2.46. The van der Waals surface area contributed by atoms with Crippen molar-refractivity contribution in [2.75, 3.05) is 26.9 Å². The van der Waals surface area contributed by atoms with Crippen LogP contribution in [0.3, 0.4) is 0 Å². The van der Waals surface area contributed by atoms with E-state index in [9.17, 15) is 9.18 Å². The van der Waals surface area contributed by atoms with E-state index in [1.54, 1.807) is 23.3 Å². The van der Waals surface area contributed by atoms with Crippen molar-refractivity contribution in [3.05, 3.63) is 48.4 Å². The summed E-state index contributed by atoms with van der Waals surface area (Å²) in [4.78, 5) is 15.5. The molecule has 2 aliphatic rings. The molecule has 2 aromatic heterocycles. The van der Waals surface area contributed by atoms with Crippen LogP contribution in [0.5, 0.6) is 0 Å². The highest BCUT2D eigenvalue weighted by Crippen LogP contribution is 2.30. The summed E-state index contributed by atoms with van der Waals surface area (Å²) in [6.07, 6.45) is 6.71. The zero-order valence-corrected chi connectivity index (χ0v) is 16.9. The summed E-state index contributed by atoms with van der Waals surface area (Å²) in [5, 5.41) is 5.03. The van der Waals surface area contributed by atoms with Crippen LogP contribution in [0.25, 0.3) is 16.6 Å². The number of para-hydroxylation sites is 1. The molecule has 0 aliphatic carbocycles. The number of rotatable bonds is 5. The number of aromatic nitrogens is 3. The van der Waals surface area contributed by atoms with Crippen LogP contribution in [0.15, 0.2) is 42.9 Å². The third-order valence-electron chi connectivity index (χ3n) is 6.26. The van der Waals surface area contributed by atoms with Crippen molar-refractivity contribution in [2.45, 2.75) is 37.6 Å². The van der Waals surface area contributed by atoms with E-state index < -0.39 is 6.67 Å². The fourth-order valence-electron chi connectivity index (χ4n) is 4.60. The summed E-state index contributed by atoms with van der Waals surface area (Å²) in [5.74, 6) is -0.311. The standard InChI is InChI=1S/C22H25FN4O3/c1-25-15-8-18(9-16(25)14-29-13-15)30-22(28)20-12-27(21-5-3-2-4-19(20)21)17-10-24-26(11-17)7-6-23/h2-5,10-12,15-16,18H,6-9,13-14H2,1H3. The average molecular weight is 412 g/mol. The van der Waals surface area contributed by atoms with Gasteiger partial charge >= 0.3 is 5.97 Å². The quantitative estimate of drug-likeness (QED) is 0.603. The highest BCUT2D eigenvalue weighted by Gasteiger charge is 2.38. The maximum Gasteiger partial charge on any atom is 0.340 e. The van der Waals surface area contributed by atoms with Gasteiger partial charge in [0.2, 0.25) is 0 Å². The first-order valence-electron chi connectivity index (χ1n) is 10.3. The number of aryl methyl sites for hydroxylation is 1. The van der Waals surface area contributed by atoms with Gasteiger partial charge in [0, 0.05) is 42.7 Å². The molecule has 0 N–H and O–H groups in total. The zero-order valence-electron chi connectivity index (χ0n) is 16.9. The van der Waals surface area contributed by atoms with Crippen molar-refractivity contribution < 1.29 is 18.7 Å². The second-order valence-electron chi connectivity index (χ2n) is 8.09. The van der Waals surface area contributed by atoms with Gasteiger partial charge in [0.1, 0.15) is 12.8 Å². The lowest BCUT2D eigenvalue weighted by atomic mass is 9.92. The molecule has 5 rings (SSSR count). The molecular weight excluding hydrogens is 387 g/mol. The van der Waals surface area contributed by atoms with Gasteiger partial charge < -0.3 is 14.0 Å². The number of alkyl halides is 1. The molecule has 4 heterocycles. The van der Waals surface area contributed by atoms with Crippen molar-refractivity contribution in [2.24, 2.45) is 0 Å². The van der Waals surface area contributed by atoms with Crippen molar-refractivity contribution in [1.29, 1.82) is 0 Å². The zero-order chi connectivity index (χ0) is 20.7. The van der Waals surface area contributed by atoms with E-state index in [1.807, 2.05) is 28.8 Å². The largest absolute Gasteiger partial charge is 0.459 e. The van der Waals surface area contributed by atoms with Gasteiger partial charge in [-0.25, -0.2) is 9.18 Å². The molecule has 0 saturated carbocycles. The van der Waals surface area contributed by atoms with E-state index >= 15 is 0 Å².